The quantitative estimate of drug-likeness (QED) is 0.652. The third-order valence-electron chi connectivity index (χ3n) is 5.45. The molecule has 0 radical (unpaired) electrons. The molecule has 86 valence electrons. The van der Waals surface area contributed by atoms with Gasteiger partial charge >= 0.3 is 0 Å². The molecule has 4 rings (SSSR count). The second-order valence-corrected chi connectivity index (χ2v) is 6.03. The van der Waals surface area contributed by atoms with Gasteiger partial charge < -0.3 is 10.2 Å². The summed E-state index contributed by atoms with van der Waals surface area (Å²) >= 11 is 0. The Morgan fingerprint density at radius 2 is 1.12 bits per heavy atom. The van der Waals surface area contributed by atoms with Gasteiger partial charge in [-0.25, -0.2) is 0 Å². The molecule has 0 aromatic rings. The second-order valence-electron chi connectivity index (χ2n) is 6.03. The Balaban J connectivity index is 1.61. The smallest absolute Gasteiger partial charge is 0.0668 e. The number of rotatable bonds is 1. The van der Waals surface area contributed by atoms with Gasteiger partial charge in [-0.2, -0.15) is 0 Å². The summed E-state index contributed by atoms with van der Waals surface area (Å²) in [6.45, 7) is 0. The van der Waals surface area contributed by atoms with E-state index in [0.29, 0.717) is 35.5 Å². The number of hydrogen-bond donors (Lipinski definition) is 2. The summed E-state index contributed by atoms with van der Waals surface area (Å²) in [5, 5.41) is 20.1. The molecule has 0 heterocycles. The van der Waals surface area contributed by atoms with Crippen LogP contribution >= 0.6 is 0 Å². The molecule has 2 N–H and O–H groups in total. The van der Waals surface area contributed by atoms with Crippen LogP contribution in [0.3, 0.4) is 0 Å². The lowest BCUT2D eigenvalue weighted by Gasteiger charge is -2.29. The number of fused-ring (bicyclic) bond motifs is 4. The van der Waals surface area contributed by atoms with Gasteiger partial charge in [0.15, 0.2) is 0 Å². The Morgan fingerprint density at radius 3 is 1.38 bits per heavy atom. The van der Waals surface area contributed by atoms with Crippen LogP contribution in [0.25, 0.3) is 0 Å². The second kappa shape index (κ2) is 2.99. The van der Waals surface area contributed by atoms with E-state index in [4.69, 9.17) is 0 Å². The van der Waals surface area contributed by atoms with Crippen LogP contribution in [0, 0.1) is 35.5 Å². The van der Waals surface area contributed by atoms with Crippen molar-refractivity contribution < 1.29 is 10.2 Å². The summed E-state index contributed by atoms with van der Waals surface area (Å²) in [7, 11) is 0. The first-order valence-electron chi connectivity index (χ1n) is 6.48. The van der Waals surface area contributed by atoms with Crippen LogP contribution in [-0.4, -0.2) is 22.4 Å². The van der Waals surface area contributed by atoms with Gasteiger partial charge in [-0.1, -0.05) is 24.3 Å². The summed E-state index contributed by atoms with van der Waals surface area (Å²) in [6.07, 6.45) is 10.8. The van der Waals surface area contributed by atoms with Gasteiger partial charge in [-0.15, -0.1) is 0 Å². The highest BCUT2D eigenvalue weighted by Gasteiger charge is 2.53. The molecule has 0 spiro atoms. The van der Waals surface area contributed by atoms with Gasteiger partial charge in [-0.3, -0.25) is 0 Å². The normalized spacial score (nSPS) is 61.4. The van der Waals surface area contributed by atoms with Gasteiger partial charge in [0.2, 0.25) is 0 Å². The van der Waals surface area contributed by atoms with Crippen LogP contribution in [0.15, 0.2) is 24.3 Å². The maximum Gasteiger partial charge on any atom is 0.0668 e. The van der Waals surface area contributed by atoms with Crippen molar-refractivity contribution >= 4 is 0 Å². The van der Waals surface area contributed by atoms with Crippen molar-refractivity contribution in [2.24, 2.45) is 35.5 Å². The van der Waals surface area contributed by atoms with Crippen molar-refractivity contribution in [3.63, 3.8) is 0 Å². The van der Waals surface area contributed by atoms with Crippen molar-refractivity contribution in [2.45, 2.75) is 25.0 Å². The molecule has 4 aliphatic carbocycles. The zero-order valence-electron chi connectivity index (χ0n) is 9.24. The molecule has 0 saturated heterocycles. The maximum atomic E-state index is 10.1. The Kier molecular flexibility index (Phi) is 1.76. The highest BCUT2D eigenvalue weighted by Crippen LogP contribution is 2.55. The number of hydrogen-bond acceptors (Lipinski definition) is 2. The van der Waals surface area contributed by atoms with E-state index in [-0.39, 0.29) is 12.2 Å². The Morgan fingerprint density at radius 1 is 0.688 bits per heavy atom. The topological polar surface area (TPSA) is 40.5 Å². The Labute approximate surface area is 95.7 Å². The van der Waals surface area contributed by atoms with Crippen LogP contribution in [-0.2, 0) is 0 Å². The molecule has 0 aromatic carbocycles. The molecular formula is C14H18O2. The van der Waals surface area contributed by atoms with Crippen molar-refractivity contribution in [3.8, 4) is 0 Å². The molecule has 4 bridgehead atoms. The van der Waals surface area contributed by atoms with Gasteiger partial charge in [0.1, 0.15) is 0 Å². The number of aliphatic hydroxyl groups is 2. The van der Waals surface area contributed by atoms with E-state index in [9.17, 15) is 10.2 Å². The highest BCUT2D eigenvalue weighted by atomic mass is 16.3. The fourth-order valence-electron chi connectivity index (χ4n) is 4.66. The van der Waals surface area contributed by atoms with Crippen LogP contribution in [0.5, 0.6) is 0 Å². The number of aliphatic hydroxyl groups excluding tert-OH is 2. The predicted octanol–water partition coefficient (Wildman–Crippen LogP) is 1.35. The van der Waals surface area contributed by atoms with Crippen LogP contribution in [0.4, 0.5) is 0 Å². The molecule has 16 heavy (non-hydrogen) atoms. The fourth-order valence-corrected chi connectivity index (χ4v) is 4.66. The van der Waals surface area contributed by atoms with Crippen molar-refractivity contribution in [1.29, 1.82) is 0 Å². The van der Waals surface area contributed by atoms with E-state index in [1.807, 2.05) is 0 Å². The minimum absolute atomic E-state index is 0.134. The van der Waals surface area contributed by atoms with Gasteiger partial charge in [0, 0.05) is 23.7 Å². The third-order valence-corrected chi connectivity index (χ3v) is 5.45. The molecule has 0 aromatic heterocycles. The minimum atomic E-state index is -0.134. The zero-order chi connectivity index (χ0) is 10.9. The molecule has 8 unspecified atom stereocenters. The summed E-state index contributed by atoms with van der Waals surface area (Å²) in [5.74, 6) is 2.76. The summed E-state index contributed by atoms with van der Waals surface area (Å²) < 4.78 is 0. The first-order valence-corrected chi connectivity index (χ1v) is 6.48. The lowest BCUT2D eigenvalue weighted by Crippen LogP contribution is -2.27. The predicted molar refractivity (Wildman–Crippen MR) is 60.5 cm³/mol. The lowest BCUT2D eigenvalue weighted by molar-refractivity contribution is 0.102. The summed E-state index contributed by atoms with van der Waals surface area (Å²) in [6, 6.07) is 0. The maximum absolute atomic E-state index is 10.1. The van der Waals surface area contributed by atoms with E-state index in [0.717, 1.165) is 12.8 Å². The molecule has 2 fully saturated rings. The van der Waals surface area contributed by atoms with Crippen molar-refractivity contribution in [2.75, 3.05) is 0 Å². The van der Waals surface area contributed by atoms with Gasteiger partial charge in [0.25, 0.3) is 0 Å². The van der Waals surface area contributed by atoms with Crippen molar-refractivity contribution in [3.05, 3.63) is 24.3 Å². The van der Waals surface area contributed by atoms with Crippen LogP contribution in [0.2, 0.25) is 0 Å². The summed E-state index contributed by atoms with van der Waals surface area (Å²) in [5.41, 5.74) is 0. The van der Waals surface area contributed by atoms with Gasteiger partial charge in [-0.05, 0) is 24.7 Å². The van der Waals surface area contributed by atoms with E-state index < -0.39 is 0 Å². The third kappa shape index (κ3) is 1.000. The molecule has 2 heteroatoms. The Hall–Kier alpha value is -0.600. The molecule has 2 saturated carbocycles. The monoisotopic (exact) mass is 218 g/mol. The van der Waals surface area contributed by atoms with Gasteiger partial charge in [0.05, 0.1) is 12.2 Å². The van der Waals surface area contributed by atoms with Crippen LogP contribution < -0.4 is 0 Å². The first-order chi connectivity index (χ1) is 7.75. The lowest BCUT2D eigenvalue weighted by atomic mass is 9.75. The molecule has 0 amide bonds. The zero-order valence-corrected chi connectivity index (χ0v) is 9.24. The molecule has 4 aliphatic rings. The Bertz CT molecular complexity index is 337. The fraction of sp³-hybridized carbons (Fsp3) is 0.714. The molecule has 8 atom stereocenters. The average Bonchev–Trinajstić information content (AvgIpc) is 3.01. The van der Waals surface area contributed by atoms with E-state index >= 15 is 0 Å². The van der Waals surface area contributed by atoms with E-state index in [1.54, 1.807) is 0 Å². The standard InChI is InChI=1S/C14H18O2/c15-13-7-1-3-9(13)11(5-7)12-6-8-2-4-10(12)14(8)16/h1-4,7-16H,5-6H2. The van der Waals surface area contributed by atoms with E-state index in [1.165, 1.54) is 0 Å². The van der Waals surface area contributed by atoms with E-state index in [2.05, 4.69) is 24.3 Å². The highest BCUT2D eigenvalue weighted by molar-refractivity contribution is 5.21. The molecule has 0 aliphatic heterocycles. The summed E-state index contributed by atoms with van der Waals surface area (Å²) in [4.78, 5) is 0. The minimum Gasteiger partial charge on any atom is -0.392 e. The molecule has 2 nitrogen and oxygen atoms in total. The average molecular weight is 218 g/mol. The van der Waals surface area contributed by atoms with Crippen molar-refractivity contribution in [1.82, 2.24) is 0 Å². The van der Waals surface area contributed by atoms with Crippen LogP contribution in [0.1, 0.15) is 12.8 Å². The SMILES string of the molecule is OC1C2C=CC1C(C1CC3C=CC1C3O)C2. The largest absolute Gasteiger partial charge is 0.392 e. The first kappa shape index (κ1) is 9.43. The molecular weight excluding hydrogens is 200 g/mol.